The largest absolute Gasteiger partial charge is 0.505 e. The molecule has 0 aliphatic rings. The van der Waals surface area contributed by atoms with Crippen LogP contribution in [0.3, 0.4) is 0 Å². The fourth-order valence-corrected chi connectivity index (χ4v) is 1.94. The number of aromatic hydroxyl groups is 2. The second-order valence-corrected chi connectivity index (χ2v) is 4.01. The molecule has 0 bridgehead atoms. The number of benzene rings is 1. The zero-order valence-electron chi connectivity index (χ0n) is 8.04. The van der Waals surface area contributed by atoms with Gasteiger partial charge in [-0.15, -0.1) is 0 Å². The van der Waals surface area contributed by atoms with Crippen molar-refractivity contribution in [2.24, 2.45) is 0 Å². The van der Waals surface area contributed by atoms with Crippen LogP contribution in [0.1, 0.15) is 5.76 Å². The normalized spacial score (nSPS) is 10.9. The van der Waals surface area contributed by atoms with E-state index >= 15 is 0 Å². The lowest BCUT2D eigenvalue weighted by molar-refractivity contribution is 0.449. The molecular formula is C10H6Cl2O4. The van der Waals surface area contributed by atoms with Gasteiger partial charge >= 0.3 is 5.63 Å². The molecule has 0 saturated heterocycles. The zero-order valence-corrected chi connectivity index (χ0v) is 9.56. The van der Waals surface area contributed by atoms with E-state index in [4.69, 9.17) is 27.6 Å². The maximum atomic E-state index is 11.5. The first-order chi connectivity index (χ1) is 7.43. The molecule has 0 saturated carbocycles. The lowest BCUT2D eigenvalue weighted by Gasteiger charge is -2.07. The average Bonchev–Trinajstić information content (AvgIpc) is 2.22. The Bertz CT molecular complexity index is 646. The van der Waals surface area contributed by atoms with Crippen molar-refractivity contribution in [3.05, 3.63) is 32.3 Å². The summed E-state index contributed by atoms with van der Waals surface area (Å²) >= 11 is 11.4. The third kappa shape index (κ3) is 1.42. The van der Waals surface area contributed by atoms with E-state index in [1.54, 1.807) is 6.92 Å². The highest BCUT2D eigenvalue weighted by atomic mass is 35.5. The van der Waals surface area contributed by atoms with Crippen LogP contribution in [0.4, 0.5) is 0 Å². The van der Waals surface area contributed by atoms with Crippen LogP contribution in [0.25, 0.3) is 10.8 Å². The van der Waals surface area contributed by atoms with Crippen LogP contribution < -0.4 is 5.63 Å². The van der Waals surface area contributed by atoms with E-state index < -0.39 is 17.1 Å². The molecule has 4 nitrogen and oxygen atoms in total. The van der Waals surface area contributed by atoms with Gasteiger partial charge in [0.25, 0.3) is 0 Å². The predicted molar refractivity (Wildman–Crippen MR) is 60.6 cm³/mol. The molecule has 16 heavy (non-hydrogen) atoms. The number of aryl methyl sites for hydroxylation is 1. The fraction of sp³-hybridized carbons (Fsp3) is 0.100. The van der Waals surface area contributed by atoms with Crippen molar-refractivity contribution in [2.45, 2.75) is 6.92 Å². The molecule has 1 aromatic heterocycles. The molecule has 0 aliphatic heterocycles. The Morgan fingerprint density at radius 1 is 1.19 bits per heavy atom. The standard InChI is InChI=1S/C10H6Cl2O4/c1-3-2-4-5(10(15)16-3)8(13)7(12)9(14)6(4)11/h2,13-14H,1H3. The highest BCUT2D eigenvalue weighted by Gasteiger charge is 2.19. The second-order valence-electron chi connectivity index (χ2n) is 3.26. The van der Waals surface area contributed by atoms with E-state index in [2.05, 4.69) is 0 Å². The molecule has 6 heteroatoms. The van der Waals surface area contributed by atoms with Gasteiger partial charge in [0.1, 0.15) is 16.2 Å². The SMILES string of the molecule is Cc1cc2c(Cl)c(O)c(Cl)c(O)c2c(=O)o1. The lowest BCUT2D eigenvalue weighted by atomic mass is 10.1. The Balaban J connectivity index is 3.15. The summed E-state index contributed by atoms with van der Waals surface area (Å²) in [6.07, 6.45) is 0. The average molecular weight is 261 g/mol. The third-order valence-electron chi connectivity index (χ3n) is 2.17. The molecule has 0 amide bonds. The predicted octanol–water partition coefficient (Wildman–Crippen LogP) is 2.82. The number of hydrogen-bond acceptors (Lipinski definition) is 4. The molecule has 0 radical (unpaired) electrons. The van der Waals surface area contributed by atoms with Crippen molar-refractivity contribution >= 4 is 34.0 Å². The van der Waals surface area contributed by atoms with E-state index in [0.717, 1.165) is 0 Å². The van der Waals surface area contributed by atoms with Crippen LogP contribution in [0, 0.1) is 6.92 Å². The highest BCUT2D eigenvalue weighted by molar-refractivity contribution is 6.42. The van der Waals surface area contributed by atoms with E-state index in [1.165, 1.54) is 6.07 Å². The number of phenolic OH excluding ortho intramolecular Hbond substituents is 2. The maximum absolute atomic E-state index is 11.5. The van der Waals surface area contributed by atoms with Crippen LogP contribution in [0.15, 0.2) is 15.3 Å². The molecule has 1 aromatic carbocycles. The highest BCUT2D eigenvalue weighted by Crippen LogP contribution is 2.44. The Hall–Kier alpha value is -1.39. The molecule has 1 heterocycles. The topological polar surface area (TPSA) is 70.7 Å². The van der Waals surface area contributed by atoms with Crippen molar-refractivity contribution in [3.8, 4) is 11.5 Å². The summed E-state index contributed by atoms with van der Waals surface area (Å²) in [7, 11) is 0. The summed E-state index contributed by atoms with van der Waals surface area (Å²) in [6, 6.07) is 1.44. The van der Waals surface area contributed by atoms with Crippen LogP contribution in [0.5, 0.6) is 11.5 Å². The lowest BCUT2D eigenvalue weighted by Crippen LogP contribution is -2.01. The van der Waals surface area contributed by atoms with Gasteiger partial charge in [0, 0.05) is 5.39 Å². The summed E-state index contributed by atoms with van der Waals surface area (Å²) in [5, 5.41) is 18.7. The first-order valence-electron chi connectivity index (χ1n) is 4.26. The van der Waals surface area contributed by atoms with E-state index in [-0.39, 0.29) is 20.8 Å². The zero-order chi connectivity index (χ0) is 12.0. The molecule has 0 atom stereocenters. The van der Waals surface area contributed by atoms with E-state index in [0.29, 0.717) is 5.76 Å². The minimum atomic E-state index is -0.753. The van der Waals surface area contributed by atoms with Gasteiger partial charge in [0.05, 0.1) is 5.02 Å². The van der Waals surface area contributed by atoms with Crippen LogP contribution in [0.2, 0.25) is 10.0 Å². The molecule has 84 valence electrons. The number of halogens is 2. The molecule has 2 rings (SSSR count). The van der Waals surface area contributed by atoms with Gasteiger partial charge in [-0.1, -0.05) is 23.2 Å². The number of phenols is 2. The minimum absolute atomic E-state index is 0.0891. The number of hydrogen-bond donors (Lipinski definition) is 2. The Kier molecular flexibility index (Phi) is 2.48. The quantitative estimate of drug-likeness (QED) is 0.764. The van der Waals surface area contributed by atoms with E-state index in [9.17, 15) is 15.0 Å². The molecule has 0 unspecified atom stereocenters. The Morgan fingerprint density at radius 2 is 1.81 bits per heavy atom. The first-order valence-corrected chi connectivity index (χ1v) is 5.02. The van der Waals surface area contributed by atoms with Gasteiger partial charge in [-0.05, 0) is 13.0 Å². The summed E-state index contributed by atoms with van der Waals surface area (Å²) in [5.41, 5.74) is -0.753. The van der Waals surface area contributed by atoms with Gasteiger partial charge in [-0.25, -0.2) is 4.79 Å². The molecule has 2 aromatic rings. The third-order valence-corrected chi connectivity index (χ3v) is 2.91. The maximum Gasteiger partial charge on any atom is 0.347 e. The van der Waals surface area contributed by atoms with Crippen LogP contribution >= 0.6 is 23.2 Å². The van der Waals surface area contributed by atoms with Crippen LogP contribution in [-0.2, 0) is 0 Å². The summed E-state index contributed by atoms with van der Waals surface area (Å²) in [4.78, 5) is 11.5. The fourth-order valence-electron chi connectivity index (χ4n) is 1.46. The Morgan fingerprint density at radius 3 is 2.44 bits per heavy atom. The first kappa shape index (κ1) is 11.1. The van der Waals surface area contributed by atoms with Gasteiger partial charge in [0.2, 0.25) is 0 Å². The molecule has 0 spiro atoms. The van der Waals surface area contributed by atoms with Crippen LogP contribution in [-0.4, -0.2) is 10.2 Å². The Labute approximate surface area is 99.6 Å². The minimum Gasteiger partial charge on any atom is -0.505 e. The molecule has 0 fully saturated rings. The monoisotopic (exact) mass is 260 g/mol. The van der Waals surface area contributed by atoms with Crippen molar-refractivity contribution in [1.29, 1.82) is 0 Å². The summed E-state index contributed by atoms with van der Waals surface area (Å²) in [6.45, 7) is 1.56. The van der Waals surface area contributed by atoms with Crippen molar-refractivity contribution in [1.82, 2.24) is 0 Å². The van der Waals surface area contributed by atoms with E-state index in [1.807, 2.05) is 0 Å². The molecule has 0 aliphatic carbocycles. The molecule has 2 N–H and O–H groups in total. The number of fused-ring (bicyclic) bond motifs is 1. The van der Waals surface area contributed by atoms with Gasteiger partial charge in [0.15, 0.2) is 11.5 Å². The van der Waals surface area contributed by atoms with Gasteiger partial charge < -0.3 is 14.6 Å². The summed E-state index contributed by atoms with van der Waals surface area (Å²) in [5.74, 6) is -0.675. The smallest absolute Gasteiger partial charge is 0.347 e. The van der Waals surface area contributed by atoms with Gasteiger partial charge in [-0.3, -0.25) is 0 Å². The van der Waals surface area contributed by atoms with Crippen molar-refractivity contribution in [2.75, 3.05) is 0 Å². The van der Waals surface area contributed by atoms with Crippen molar-refractivity contribution in [3.63, 3.8) is 0 Å². The summed E-state index contributed by atoms with van der Waals surface area (Å²) < 4.78 is 4.81. The number of rotatable bonds is 0. The van der Waals surface area contributed by atoms with Crippen molar-refractivity contribution < 1.29 is 14.6 Å². The second kappa shape index (κ2) is 3.57. The molecular weight excluding hydrogens is 255 g/mol. The van der Waals surface area contributed by atoms with Gasteiger partial charge in [-0.2, -0.15) is 0 Å².